The molecule has 0 aliphatic carbocycles. The number of hydrogen-bond acceptors (Lipinski definition) is 3. The molecule has 0 aliphatic rings. The Kier molecular flexibility index (Phi) is 5.49. The summed E-state index contributed by atoms with van der Waals surface area (Å²) in [5.41, 5.74) is 1.08. The van der Waals surface area contributed by atoms with Crippen molar-refractivity contribution in [2.45, 2.75) is 20.0 Å². The van der Waals surface area contributed by atoms with Crippen LogP contribution in [-0.4, -0.2) is 24.4 Å². The summed E-state index contributed by atoms with van der Waals surface area (Å²) in [5.74, 6) is 0.0788. The molecule has 128 valence electrons. The molecule has 2 rings (SSSR count). The van der Waals surface area contributed by atoms with Crippen LogP contribution in [0.2, 0.25) is 0 Å². The van der Waals surface area contributed by atoms with E-state index in [1.165, 1.54) is 18.3 Å². The van der Waals surface area contributed by atoms with Gasteiger partial charge in [0.15, 0.2) is 0 Å². The first-order valence-corrected chi connectivity index (χ1v) is 7.64. The van der Waals surface area contributed by atoms with Gasteiger partial charge in [0, 0.05) is 36.6 Å². The molecule has 6 heteroatoms. The van der Waals surface area contributed by atoms with Gasteiger partial charge in [0.1, 0.15) is 5.75 Å². The molecular weight excluding hydrogens is 317 g/mol. The third kappa shape index (κ3) is 4.28. The van der Waals surface area contributed by atoms with Crippen molar-refractivity contribution in [1.82, 2.24) is 0 Å². The number of benzene rings is 2. The van der Waals surface area contributed by atoms with Gasteiger partial charge < -0.3 is 10.0 Å². The lowest BCUT2D eigenvalue weighted by atomic mass is 10.1. The van der Waals surface area contributed by atoms with Gasteiger partial charge >= 0.3 is 6.18 Å². The van der Waals surface area contributed by atoms with Crippen LogP contribution in [0.15, 0.2) is 47.5 Å². The third-order valence-electron chi connectivity index (χ3n) is 3.69. The van der Waals surface area contributed by atoms with E-state index in [0.717, 1.165) is 30.9 Å². The van der Waals surface area contributed by atoms with Crippen molar-refractivity contribution < 1.29 is 18.3 Å². The highest BCUT2D eigenvalue weighted by molar-refractivity contribution is 5.86. The monoisotopic (exact) mass is 336 g/mol. The van der Waals surface area contributed by atoms with Crippen LogP contribution >= 0.6 is 0 Å². The van der Waals surface area contributed by atoms with Gasteiger partial charge in [-0.25, -0.2) is 0 Å². The van der Waals surface area contributed by atoms with Gasteiger partial charge in [-0.1, -0.05) is 0 Å². The van der Waals surface area contributed by atoms with E-state index in [0.29, 0.717) is 11.3 Å². The van der Waals surface area contributed by atoms with Gasteiger partial charge in [0.05, 0.1) is 11.3 Å². The minimum absolute atomic E-state index is 0.0788. The molecule has 0 heterocycles. The minimum Gasteiger partial charge on any atom is -0.507 e. The molecule has 0 atom stereocenters. The third-order valence-corrected chi connectivity index (χ3v) is 3.69. The summed E-state index contributed by atoms with van der Waals surface area (Å²) in [6.07, 6.45) is -2.93. The van der Waals surface area contributed by atoms with Crippen LogP contribution in [0.5, 0.6) is 5.75 Å². The summed E-state index contributed by atoms with van der Waals surface area (Å²) in [7, 11) is 0. The van der Waals surface area contributed by atoms with Crippen LogP contribution in [-0.2, 0) is 6.18 Å². The van der Waals surface area contributed by atoms with E-state index in [-0.39, 0.29) is 5.75 Å². The first-order valence-electron chi connectivity index (χ1n) is 7.64. The second-order valence-corrected chi connectivity index (χ2v) is 5.22. The maximum Gasteiger partial charge on any atom is 0.416 e. The molecule has 24 heavy (non-hydrogen) atoms. The Morgan fingerprint density at radius 3 is 2.17 bits per heavy atom. The van der Waals surface area contributed by atoms with Crippen molar-refractivity contribution in [3.63, 3.8) is 0 Å². The van der Waals surface area contributed by atoms with Crippen LogP contribution < -0.4 is 4.90 Å². The number of alkyl halides is 3. The fraction of sp³-hybridized carbons (Fsp3) is 0.278. The lowest BCUT2D eigenvalue weighted by Gasteiger charge is -2.21. The predicted octanol–water partition coefficient (Wildman–Crippen LogP) is 5.01. The molecule has 0 spiro atoms. The van der Waals surface area contributed by atoms with Crippen molar-refractivity contribution in [3.8, 4) is 5.75 Å². The van der Waals surface area contributed by atoms with E-state index in [2.05, 4.69) is 9.89 Å². The number of anilines is 1. The summed E-state index contributed by atoms with van der Waals surface area (Å²) >= 11 is 0. The van der Waals surface area contributed by atoms with E-state index in [1.807, 2.05) is 19.9 Å². The summed E-state index contributed by atoms with van der Waals surface area (Å²) in [6, 6.07) is 9.81. The first kappa shape index (κ1) is 17.8. The zero-order chi connectivity index (χ0) is 17.7. The standard InChI is InChI=1S/C18H19F3N2O/c1-3-23(4-2)16-10-5-13(17(24)11-16)12-22-15-8-6-14(7-9-15)18(19,20)21/h5-12,24H,3-4H2,1-2H3. The van der Waals surface area contributed by atoms with Gasteiger partial charge in [0.25, 0.3) is 0 Å². The molecule has 2 aromatic rings. The van der Waals surface area contributed by atoms with Crippen LogP contribution in [0.4, 0.5) is 24.5 Å². The summed E-state index contributed by atoms with van der Waals surface area (Å²) in [6.45, 7) is 5.71. The maximum absolute atomic E-state index is 12.5. The van der Waals surface area contributed by atoms with Crippen molar-refractivity contribution in [3.05, 3.63) is 53.6 Å². The number of rotatable bonds is 5. The molecule has 0 aromatic heterocycles. The molecule has 0 saturated heterocycles. The first-order chi connectivity index (χ1) is 11.3. The van der Waals surface area contributed by atoms with Crippen molar-refractivity contribution >= 4 is 17.6 Å². The highest BCUT2D eigenvalue weighted by atomic mass is 19.4. The number of phenolic OH excluding ortho intramolecular Hbond substituents is 1. The normalized spacial score (nSPS) is 11.9. The number of aromatic hydroxyl groups is 1. The van der Waals surface area contributed by atoms with E-state index in [9.17, 15) is 18.3 Å². The zero-order valence-electron chi connectivity index (χ0n) is 13.5. The average Bonchev–Trinajstić information content (AvgIpc) is 2.55. The Balaban J connectivity index is 2.17. The number of phenols is 1. The molecule has 1 N–H and O–H groups in total. The highest BCUT2D eigenvalue weighted by Crippen LogP contribution is 2.30. The topological polar surface area (TPSA) is 35.8 Å². The largest absolute Gasteiger partial charge is 0.507 e. The maximum atomic E-state index is 12.5. The fourth-order valence-electron chi connectivity index (χ4n) is 2.31. The number of hydrogen-bond donors (Lipinski definition) is 1. The Morgan fingerprint density at radius 1 is 1.04 bits per heavy atom. The number of halogens is 3. The van der Waals surface area contributed by atoms with Crippen LogP contribution in [0.1, 0.15) is 25.0 Å². The SMILES string of the molecule is CCN(CC)c1ccc(C=Nc2ccc(C(F)(F)F)cc2)c(O)c1. The lowest BCUT2D eigenvalue weighted by molar-refractivity contribution is -0.137. The minimum atomic E-state index is -4.36. The van der Waals surface area contributed by atoms with Gasteiger partial charge in [-0.15, -0.1) is 0 Å². The van der Waals surface area contributed by atoms with Gasteiger partial charge in [-0.3, -0.25) is 4.99 Å². The van der Waals surface area contributed by atoms with Crippen molar-refractivity contribution in [1.29, 1.82) is 0 Å². The fourth-order valence-corrected chi connectivity index (χ4v) is 2.31. The molecule has 0 bridgehead atoms. The van der Waals surface area contributed by atoms with Gasteiger partial charge in [0.2, 0.25) is 0 Å². The number of aliphatic imine (C=N–C) groups is 1. The second kappa shape index (κ2) is 7.38. The van der Waals surface area contributed by atoms with E-state index in [1.54, 1.807) is 12.1 Å². The molecule has 3 nitrogen and oxygen atoms in total. The summed E-state index contributed by atoms with van der Waals surface area (Å²) in [4.78, 5) is 6.20. The molecule has 2 aromatic carbocycles. The average molecular weight is 336 g/mol. The smallest absolute Gasteiger partial charge is 0.416 e. The Morgan fingerprint density at radius 2 is 1.67 bits per heavy atom. The molecule has 0 aliphatic heterocycles. The Labute approximate surface area is 139 Å². The molecule has 0 radical (unpaired) electrons. The van der Waals surface area contributed by atoms with Crippen LogP contribution in [0.25, 0.3) is 0 Å². The second-order valence-electron chi connectivity index (χ2n) is 5.22. The van der Waals surface area contributed by atoms with Crippen LogP contribution in [0.3, 0.4) is 0 Å². The lowest BCUT2D eigenvalue weighted by Crippen LogP contribution is -2.21. The quantitative estimate of drug-likeness (QED) is 0.779. The molecule has 0 fully saturated rings. The molecule has 0 unspecified atom stereocenters. The van der Waals surface area contributed by atoms with E-state index in [4.69, 9.17) is 0 Å². The Hall–Kier alpha value is -2.50. The zero-order valence-corrected chi connectivity index (χ0v) is 13.5. The van der Waals surface area contributed by atoms with Crippen molar-refractivity contribution in [2.75, 3.05) is 18.0 Å². The number of nitrogens with zero attached hydrogens (tertiary/aromatic N) is 2. The summed E-state index contributed by atoms with van der Waals surface area (Å²) in [5, 5.41) is 10.1. The van der Waals surface area contributed by atoms with E-state index >= 15 is 0 Å². The van der Waals surface area contributed by atoms with Gasteiger partial charge in [-0.2, -0.15) is 13.2 Å². The van der Waals surface area contributed by atoms with Crippen molar-refractivity contribution in [2.24, 2.45) is 4.99 Å². The van der Waals surface area contributed by atoms with Gasteiger partial charge in [-0.05, 0) is 50.2 Å². The highest BCUT2D eigenvalue weighted by Gasteiger charge is 2.29. The summed E-state index contributed by atoms with van der Waals surface area (Å²) < 4.78 is 37.5. The molecule has 0 saturated carbocycles. The van der Waals surface area contributed by atoms with Crippen LogP contribution in [0, 0.1) is 0 Å². The molecule has 0 amide bonds. The molecular formula is C18H19F3N2O. The van der Waals surface area contributed by atoms with E-state index < -0.39 is 11.7 Å². The Bertz CT molecular complexity index is 705. The predicted molar refractivity (Wildman–Crippen MR) is 90.4 cm³/mol.